The van der Waals surface area contributed by atoms with Crippen LogP contribution in [0.25, 0.3) is 0 Å². The molecule has 0 bridgehead atoms. The lowest BCUT2D eigenvalue weighted by molar-refractivity contribution is 0.102. The topological polar surface area (TPSA) is 54.0 Å². The van der Waals surface area contributed by atoms with Crippen molar-refractivity contribution in [2.24, 2.45) is 0 Å². The third kappa shape index (κ3) is 4.18. The zero-order chi connectivity index (χ0) is 15.9. The van der Waals surface area contributed by atoms with Crippen molar-refractivity contribution in [3.05, 3.63) is 52.9 Å². The molecule has 0 saturated heterocycles. The van der Waals surface area contributed by atoms with Gasteiger partial charge in [-0.15, -0.1) is 0 Å². The number of unbranched alkanes of at least 4 members (excludes halogenated alkanes) is 1. The van der Waals surface area contributed by atoms with Gasteiger partial charge in [0, 0.05) is 6.54 Å². The van der Waals surface area contributed by atoms with Gasteiger partial charge in [0.15, 0.2) is 0 Å². The summed E-state index contributed by atoms with van der Waals surface area (Å²) in [4.78, 5) is 16.2. The second-order valence-electron chi connectivity index (χ2n) is 4.76. The second-order valence-corrected chi connectivity index (χ2v) is 5.17. The van der Waals surface area contributed by atoms with Crippen LogP contribution in [0.15, 0.2) is 36.5 Å². The van der Waals surface area contributed by atoms with E-state index < -0.39 is 11.7 Å². The second kappa shape index (κ2) is 7.75. The number of hydrogen-bond acceptors (Lipinski definition) is 3. The number of nitrogens with zero attached hydrogens (tertiary/aromatic N) is 1. The summed E-state index contributed by atoms with van der Waals surface area (Å²) in [6.45, 7) is 2.99. The Bertz CT molecular complexity index is 626. The molecule has 1 aromatic heterocycles. The van der Waals surface area contributed by atoms with Crippen molar-refractivity contribution in [1.29, 1.82) is 0 Å². The maximum absolute atomic E-state index is 13.7. The molecule has 1 heterocycles. The first kappa shape index (κ1) is 16.2. The molecule has 0 saturated carbocycles. The van der Waals surface area contributed by atoms with Gasteiger partial charge in [0.2, 0.25) is 0 Å². The molecule has 0 atom stereocenters. The van der Waals surface area contributed by atoms with Gasteiger partial charge in [-0.1, -0.05) is 31.0 Å². The first-order chi connectivity index (χ1) is 10.6. The minimum absolute atomic E-state index is 0.0651. The predicted molar refractivity (Wildman–Crippen MR) is 87.0 cm³/mol. The van der Waals surface area contributed by atoms with E-state index in [9.17, 15) is 9.18 Å². The molecule has 2 N–H and O–H groups in total. The van der Waals surface area contributed by atoms with Gasteiger partial charge in [-0.2, -0.15) is 0 Å². The van der Waals surface area contributed by atoms with Gasteiger partial charge >= 0.3 is 0 Å². The molecular weight excluding hydrogens is 305 g/mol. The summed E-state index contributed by atoms with van der Waals surface area (Å²) in [5.74, 6) is -0.949. The molecule has 0 aliphatic carbocycles. The van der Waals surface area contributed by atoms with Gasteiger partial charge in [-0.05, 0) is 30.7 Å². The van der Waals surface area contributed by atoms with E-state index in [2.05, 4.69) is 22.5 Å². The van der Waals surface area contributed by atoms with E-state index in [1.165, 1.54) is 18.2 Å². The van der Waals surface area contributed by atoms with Crippen molar-refractivity contribution < 1.29 is 9.18 Å². The molecule has 0 radical (unpaired) electrons. The Hall–Kier alpha value is -2.14. The minimum atomic E-state index is -0.664. The summed E-state index contributed by atoms with van der Waals surface area (Å²) in [7, 11) is 0. The predicted octanol–water partition coefficient (Wildman–Crippen LogP) is 4.34. The number of nitrogens with one attached hydrogen (secondary N) is 2. The average molecular weight is 322 g/mol. The van der Waals surface area contributed by atoms with Crippen molar-refractivity contribution in [3.8, 4) is 0 Å². The number of carbonyl (C=O) groups excluding carboxylic acids is 1. The Morgan fingerprint density at radius 3 is 2.77 bits per heavy atom. The van der Waals surface area contributed by atoms with Crippen LogP contribution in [0.3, 0.4) is 0 Å². The Labute approximate surface area is 133 Å². The molecule has 4 nitrogen and oxygen atoms in total. The lowest BCUT2D eigenvalue weighted by Gasteiger charge is -2.08. The lowest BCUT2D eigenvalue weighted by atomic mass is 10.2. The van der Waals surface area contributed by atoms with E-state index in [4.69, 9.17) is 11.6 Å². The molecule has 6 heteroatoms. The first-order valence-corrected chi connectivity index (χ1v) is 7.45. The van der Waals surface area contributed by atoms with Gasteiger partial charge in [-0.25, -0.2) is 9.37 Å². The molecule has 0 spiro atoms. The van der Waals surface area contributed by atoms with E-state index in [0.717, 1.165) is 25.1 Å². The monoisotopic (exact) mass is 321 g/mol. The maximum atomic E-state index is 13.7. The number of amides is 1. The highest BCUT2D eigenvalue weighted by molar-refractivity contribution is 6.34. The Morgan fingerprint density at radius 1 is 1.32 bits per heavy atom. The van der Waals surface area contributed by atoms with Crippen molar-refractivity contribution in [2.75, 3.05) is 17.2 Å². The third-order valence-corrected chi connectivity index (χ3v) is 3.37. The SMILES string of the molecule is CCCCNc1ccc(NC(=O)c2c(F)cccc2Cl)nc1. The molecule has 0 aliphatic rings. The van der Waals surface area contributed by atoms with Crippen molar-refractivity contribution >= 4 is 29.0 Å². The first-order valence-electron chi connectivity index (χ1n) is 7.07. The number of rotatable bonds is 6. The number of halogens is 2. The molecule has 2 aromatic rings. The normalized spacial score (nSPS) is 10.3. The van der Waals surface area contributed by atoms with Crippen LogP contribution in [-0.2, 0) is 0 Å². The molecule has 22 heavy (non-hydrogen) atoms. The highest BCUT2D eigenvalue weighted by atomic mass is 35.5. The van der Waals surface area contributed by atoms with Crippen LogP contribution in [0, 0.1) is 5.82 Å². The van der Waals surface area contributed by atoms with Crippen molar-refractivity contribution in [2.45, 2.75) is 19.8 Å². The van der Waals surface area contributed by atoms with Gasteiger partial charge in [-0.3, -0.25) is 4.79 Å². The number of anilines is 2. The van der Waals surface area contributed by atoms with E-state index in [-0.39, 0.29) is 10.6 Å². The summed E-state index contributed by atoms with van der Waals surface area (Å²) in [6.07, 6.45) is 3.80. The maximum Gasteiger partial charge on any atom is 0.261 e. The van der Waals surface area contributed by atoms with Crippen LogP contribution in [0.4, 0.5) is 15.9 Å². The van der Waals surface area contributed by atoms with Gasteiger partial charge < -0.3 is 10.6 Å². The van der Waals surface area contributed by atoms with Gasteiger partial charge in [0.1, 0.15) is 11.6 Å². The summed E-state index contributed by atoms with van der Waals surface area (Å²) >= 11 is 5.86. The fraction of sp³-hybridized carbons (Fsp3) is 0.250. The molecule has 2 rings (SSSR count). The Kier molecular flexibility index (Phi) is 5.72. The lowest BCUT2D eigenvalue weighted by Crippen LogP contribution is -2.15. The van der Waals surface area contributed by atoms with Gasteiger partial charge in [0.25, 0.3) is 5.91 Å². The van der Waals surface area contributed by atoms with Crippen LogP contribution in [0.5, 0.6) is 0 Å². The third-order valence-electron chi connectivity index (χ3n) is 3.05. The summed E-state index contributed by atoms with van der Waals surface area (Å²) in [5.41, 5.74) is 0.687. The zero-order valence-electron chi connectivity index (χ0n) is 12.2. The summed E-state index contributed by atoms with van der Waals surface area (Å²) in [5, 5.41) is 5.82. The molecule has 0 fully saturated rings. The molecule has 1 aromatic carbocycles. The van der Waals surface area contributed by atoms with Crippen LogP contribution >= 0.6 is 11.6 Å². The average Bonchev–Trinajstić information content (AvgIpc) is 2.49. The smallest absolute Gasteiger partial charge is 0.261 e. The van der Waals surface area contributed by atoms with Crippen LogP contribution < -0.4 is 10.6 Å². The molecule has 0 aliphatic heterocycles. The highest BCUT2D eigenvalue weighted by Crippen LogP contribution is 2.20. The van der Waals surface area contributed by atoms with Crippen molar-refractivity contribution in [1.82, 2.24) is 4.98 Å². The standard InChI is InChI=1S/C16H17ClFN3O/c1-2-3-9-19-11-7-8-14(20-10-11)21-16(22)15-12(17)5-4-6-13(15)18/h4-8,10,19H,2-3,9H2,1H3,(H,20,21,22). The van der Waals surface area contributed by atoms with Crippen molar-refractivity contribution in [3.63, 3.8) is 0 Å². The molecule has 116 valence electrons. The summed E-state index contributed by atoms with van der Waals surface area (Å²) < 4.78 is 13.7. The highest BCUT2D eigenvalue weighted by Gasteiger charge is 2.16. The van der Waals surface area contributed by atoms with E-state index in [1.807, 2.05) is 0 Å². The van der Waals surface area contributed by atoms with Crippen LogP contribution in [-0.4, -0.2) is 17.4 Å². The number of carbonyl (C=O) groups is 1. The zero-order valence-corrected chi connectivity index (χ0v) is 13.0. The van der Waals surface area contributed by atoms with E-state index in [1.54, 1.807) is 18.3 Å². The number of benzene rings is 1. The minimum Gasteiger partial charge on any atom is -0.384 e. The van der Waals surface area contributed by atoms with Crippen LogP contribution in [0.2, 0.25) is 5.02 Å². The molecule has 1 amide bonds. The quantitative estimate of drug-likeness (QED) is 0.778. The largest absolute Gasteiger partial charge is 0.384 e. The van der Waals surface area contributed by atoms with E-state index >= 15 is 0 Å². The number of pyridine rings is 1. The number of aromatic nitrogens is 1. The summed E-state index contributed by atoms with van der Waals surface area (Å²) in [6, 6.07) is 7.56. The van der Waals surface area contributed by atoms with Gasteiger partial charge in [0.05, 0.1) is 22.5 Å². The molecular formula is C16H17ClFN3O. The molecule has 0 unspecified atom stereocenters. The Balaban J connectivity index is 2.03. The van der Waals surface area contributed by atoms with Crippen LogP contribution in [0.1, 0.15) is 30.1 Å². The number of hydrogen-bond donors (Lipinski definition) is 2. The Morgan fingerprint density at radius 2 is 2.14 bits per heavy atom. The van der Waals surface area contributed by atoms with E-state index in [0.29, 0.717) is 5.82 Å². The fourth-order valence-corrected chi connectivity index (χ4v) is 2.12. The fourth-order valence-electron chi connectivity index (χ4n) is 1.88.